The molecule has 1 saturated heterocycles. The molecule has 0 aromatic heterocycles. The molecule has 0 aromatic carbocycles. The zero-order chi connectivity index (χ0) is 10.8. The van der Waals surface area contributed by atoms with Gasteiger partial charge in [-0.3, -0.25) is 0 Å². The van der Waals surface area contributed by atoms with Gasteiger partial charge < -0.3 is 20.4 Å². The van der Waals surface area contributed by atoms with Crippen molar-refractivity contribution in [2.75, 3.05) is 19.6 Å². The fourth-order valence-electron chi connectivity index (χ4n) is 1.74. The van der Waals surface area contributed by atoms with Crippen molar-refractivity contribution < 1.29 is 15.0 Å². The van der Waals surface area contributed by atoms with E-state index in [-0.39, 0.29) is 6.04 Å². The highest BCUT2D eigenvalue weighted by atomic mass is 16.4. The Labute approximate surface area is 83.7 Å². The van der Waals surface area contributed by atoms with Crippen LogP contribution in [-0.4, -0.2) is 52.5 Å². The summed E-state index contributed by atoms with van der Waals surface area (Å²) in [5.74, 6) is 0. The average Bonchev–Trinajstić information content (AvgIpc) is 2.01. The molecule has 0 bridgehead atoms. The number of nitrogens with one attached hydrogen (secondary N) is 1. The quantitative estimate of drug-likeness (QED) is 0.594. The van der Waals surface area contributed by atoms with Crippen LogP contribution in [0, 0.1) is 0 Å². The second-order valence-electron chi connectivity index (χ2n) is 4.40. The Balaban J connectivity index is 2.44. The first-order chi connectivity index (χ1) is 6.38. The monoisotopic (exact) mass is 202 g/mol. The van der Waals surface area contributed by atoms with Gasteiger partial charge in [-0.15, -0.1) is 0 Å². The van der Waals surface area contributed by atoms with E-state index in [1.807, 2.05) is 0 Å². The SMILES string of the molecule is CC(C)(O)CC1CN(C(=O)O)CCN1. The highest BCUT2D eigenvalue weighted by molar-refractivity contribution is 5.65. The van der Waals surface area contributed by atoms with E-state index in [0.29, 0.717) is 26.1 Å². The molecule has 0 aromatic rings. The van der Waals surface area contributed by atoms with Gasteiger partial charge in [-0.25, -0.2) is 4.79 Å². The smallest absolute Gasteiger partial charge is 0.407 e. The first-order valence-corrected chi connectivity index (χ1v) is 4.82. The van der Waals surface area contributed by atoms with E-state index in [2.05, 4.69) is 5.32 Å². The van der Waals surface area contributed by atoms with E-state index < -0.39 is 11.7 Å². The van der Waals surface area contributed by atoms with Crippen LogP contribution in [-0.2, 0) is 0 Å². The molecular weight excluding hydrogens is 184 g/mol. The summed E-state index contributed by atoms with van der Waals surface area (Å²) in [6, 6.07) is 0.0554. The summed E-state index contributed by atoms with van der Waals surface area (Å²) in [5, 5.41) is 21.6. The van der Waals surface area contributed by atoms with Gasteiger partial charge in [0.15, 0.2) is 0 Å². The molecule has 14 heavy (non-hydrogen) atoms. The maximum absolute atomic E-state index is 10.7. The predicted octanol–water partition coefficient (Wildman–Crippen LogP) is 0.0992. The first-order valence-electron chi connectivity index (χ1n) is 4.82. The van der Waals surface area contributed by atoms with E-state index in [9.17, 15) is 9.90 Å². The van der Waals surface area contributed by atoms with Crippen molar-refractivity contribution in [2.24, 2.45) is 0 Å². The summed E-state index contributed by atoms with van der Waals surface area (Å²) in [7, 11) is 0. The van der Waals surface area contributed by atoms with Crippen LogP contribution in [0.3, 0.4) is 0 Å². The van der Waals surface area contributed by atoms with Crippen LogP contribution >= 0.6 is 0 Å². The third kappa shape index (κ3) is 3.51. The standard InChI is InChI=1S/C9H18N2O3/c1-9(2,14)5-7-6-11(8(12)13)4-3-10-7/h7,10,14H,3-6H2,1-2H3,(H,12,13). The summed E-state index contributed by atoms with van der Waals surface area (Å²) < 4.78 is 0. The minimum Gasteiger partial charge on any atom is -0.465 e. The lowest BCUT2D eigenvalue weighted by Gasteiger charge is -2.34. The predicted molar refractivity (Wildman–Crippen MR) is 52.3 cm³/mol. The first kappa shape index (κ1) is 11.3. The molecule has 1 aliphatic rings. The Morgan fingerprint density at radius 3 is 2.79 bits per heavy atom. The summed E-state index contributed by atoms with van der Waals surface area (Å²) in [4.78, 5) is 12.1. The number of carboxylic acid groups (broad SMARTS) is 1. The number of carbonyl (C=O) groups is 1. The number of piperazine rings is 1. The highest BCUT2D eigenvalue weighted by Crippen LogP contribution is 2.13. The number of aliphatic hydroxyl groups is 1. The molecule has 1 aliphatic heterocycles. The van der Waals surface area contributed by atoms with Gasteiger partial charge in [-0.2, -0.15) is 0 Å². The molecule has 5 nitrogen and oxygen atoms in total. The number of amides is 1. The lowest BCUT2D eigenvalue weighted by atomic mass is 9.98. The van der Waals surface area contributed by atoms with Gasteiger partial charge in [-0.1, -0.05) is 0 Å². The second-order valence-corrected chi connectivity index (χ2v) is 4.40. The number of nitrogens with zero attached hydrogens (tertiary/aromatic N) is 1. The van der Waals surface area contributed by atoms with Gasteiger partial charge in [0, 0.05) is 25.7 Å². The van der Waals surface area contributed by atoms with Crippen LogP contribution in [0.15, 0.2) is 0 Å². The number of hydrogen-bond acceptors (Lipinski definition) is 3. The maximum atomic E-state index is 10.7. The molecule has 0 radical (unpaired) electrons. The molecule has 1 fully saturated rings. The molecule has 1 rings (SSSR count). The van der Waals surface area contributed by atoms with Crippen molar-refractivity contribution in [1.29, 1.82) is 0 Å². The molecular formula is C9H18N2O3. The van der Waals surface area contributed by atoms with Gasteiger partial charge in [-0.05, 0) is 20.3 Å². The molecule has 82 valence electrons. The summed E-state index contributed by atoms with van der Waals surface area (Å²) in [6.45, 7) is 5.10. The molecule has 1 heterocycles. The van der Waals surface area contributed by atoms with Gasteiger partial charge >= 0.3 is 6.09 Å². The molecule has 1 unspecified atom stereocenters. The van der Waals surface area contributed by atoms with Gasteiger partial charge in [0.2, 0.25) is 0 Å². The lowest BCUT2D eigenvalue weighted by Crippen LogP contribution is -2.54. The molecule has 5 heteroatoms. The molecule has 0 aliphatic carbocycles. The molecule has 0 saturated carbocycles. The zero-order valence-electron chi connectivity index (χ0n) is 8.66. The number of hydrogen-bond donors (Lipinski definition) is 3. The van der Waals surface area contributed by atoms with Gasteiger partial charge in [0.05, 0.1) is 5.60 Å². The Bertz CT molecular complexity index is 213. The Hall–Kier alpha value is -0.810. The van der Waals surface area contributed by atoms with Crippen LogP contribution in [0.2, 0.25) is 0 Å². The fraction of sp³-hybridized carbons (Fsp3) is 0.889. The second kappa shape index (κ2) is 4.14. The van der Waals surface area contributed by atoms with Crippen LogP contribution in [0.25, 0.3) is 0 Å². The van der Waals surface area contributed by atoms with Crippen molar-refractivity contribution in [3.8, 4) is 0 Å². The van der Waals surface area contributed by atoms with E-state index in [0.717, 1.165) is 0 Å². The minimum absolute atomic E-state index is 0.0554. The van der Waals surface area contributed by atoms with Crippen molar-refractivity contribution in [1.82, 2.24) is 10.2 Å². The minimum atomic E-state index is -0.882. The molecule has 0 spiro atoms. The summed E-state index contributed by atoms with van der Waals surface area (Å²) >= 11 is 0. The molecule has 3 N–H and O–H groups in total. The fourth-order valence-corrected chi connectivity index (χ4v) is 1.74. The summed E-state index contributed by atoms with van der Waals surface area (Å²) in [5.41, 5.74) is -0.751. The van der Waals surface area contributed by atoms with Crippen molar-refractivity contribution in [3.05, 3.63) is 0 Å². The molecule has 1 atom stereocenters. The normalized spacial score (nSPS) is 23.6. The zero-order valence-corrected chi connectivity index (χ0v) is 8.66. The van der Waals surface area contributed by atoms with Crippen LogP contribution in [0.5, 0.6) is 0 Å². The number of rotatable bonds is 2. The van der Waals surface area contributed by atoms with Crippen LogP contribution < -0.4 is 5.32 Å². The third-order valence-electron chi connectivity index (χ3n) is 2.27. The van der Waals surface area contributed by atoms with Crippen LogP contribution in [0.4, 0.5) is 4.79 Å². The van der Waals surface area contributed by atoms with E-state index in [1.165, 1.54) is 4.90 Å². The topological polar surface area (TPSA) is 72.8 Å². The average molecular weight is 202 g/mol. The Morgan fingerprint density at radius 1 is 1.64 bits per heavy atom. The van der Waals surface area contributed by atoms with E-state index in [1.54, 1.807) is 13.8 Å². The highest BCUT2D eigenvalue weighted by Gasteiger charge is 2.27. The third-order valence-corrected chi connectivity index (χ3v) is 2.27. The van der Waals surface area contributed by atoms with Crippen molar-refractivity contribution in [2.45, 2.75) is 31.9 Å². The van der Waals surface area contributed by atoms with Gasteiger partial charge in [0.25, 0.3) is 0 Å². The summed E-state index contributed by atoms with van der Waals surface area (Å²) in [6.07, 6.45) is -0.316. The van der Waals surface area contributed by atoms with Gasteiger partial charge in [0.1, 0.15) is 0 Å². The van der Waals surface area contributed by atoms with E-state index in [4.69, 9.17) is 5.11 Å². The van der Waals surface area contributed by atoms with Crippen LogP contribution in [0.1, 0.15) is 20.3 Å². The Morgan fingerprint density at radius 2 is 2.29 bits per heavy atom. The maximum Gasteiger partial charge on any atom is 0.407 e. The Kier molecular flexibility index (Phi) is 3.34. The molecule has 1 amide bonds. The lowest BCUT2D eigenvalue weighted by molar-refractivity contribution is 0.0465. The van der Waals surface area contributed by atoms with E-state index >= 15 is 0 Å². The van der Waals surface area contributed by atoms with Crippen molar-refractivity contribution >= 4 is 6.09 Å². The van der Waals surface area contributed by atoms with Crippen molar-refractivity contribution in [3.63, 3.8) is 0 Å². The largest absolute Gasteiger partial charge is 0.465 e.